The fraction of sp³-hybridized carbons (Fsp3) is 0.217. The number of amides is 4. The summed E-state index contributed by atoms with van der Waals surface area (Å²) in [6.45, 7) is 3.34. The van der Waals surface area contributed by atoms with E-state index in [1.165, 1.54) is 38.5 Å². The third-order valence-corrected chi connectivity index (χ3v) is 5.48. The number of nitrogens with one attached hydrogen (secondary N) is 1. The van der Waals surface area contributed by atoms with Crippen molar-refractivity contribution in [3.63, 3.8) is 0 Å². The van der Waals surface area contributed by atoms with Gasteiger partial charge < -0.3 is 15.5 Å². The van der Waals surface area contributed by atoms with Crippen LogP contribution in [0.1, 0.15) is 51.9 Å². The lowest BCUT2D eigenvalue weighted by atomic mass is 10.1. The van der Waals surface area contributed by atoms with Crippen LogP contribution in [0, 0.1) is 12.7 Å². The van der Waals surface area contributed by atoms with E-state index in [-0.39, 0.29) is 28.7 Å². The lowest BCUT2D eigenvalue weighted by molar-refractivity contribution is 0.0831. The minimum absolute atomic E-state index is 0.0710. The molecule has 3 aromatic heterocycles. The molecule has 0 fully saturated rings. The van der Waals surface area contributed by atoms with Crippen LogP contribution in [0.15, 0.2) is 47.3 Å². The molecule has 0 bridgehead atoms. The number of oxazole rings is 1. The van der Waals surface area contributed by atoms with Crippen molar-refractivity contribution in [2.24, 2.45) is 5.73 Å². The van der Waals surface area contributed by atoms with Crippen LogP contribution in [0.4, 0.5) is 9.18 Å². The molecule has 0 saturated heterocycles. The zero-order valence-corrected chi connectivity index (χ0v) is 19.2. The summed E-state index contributed by atoms with van der Waals surface area (Å²) in [5, 5.41) is 7.71. The molecule has 0 radical (unpaired) electrons. The van der Waals surface area contributed by atoms with Crippen molar-refractivity contribution >= 4 is 28.7 Å². The first kappa shape index (κ1) is 23.5. The van der Waals surface area contributed by atoms with Gasteiger partial charge in [0.25, 0.3) is 11.8 Å². The highest BCUT2D eigenvalue weighted by Gasteiger charge is 2.27. The van der Waals surface area contributed by atoms with E-state index in [1.54, 1.807) is 23.0 Å². The van der Waals surface area contributed by atoms with Crippen molar-refractivity contribution in [2.45, 2.75) is 26.3 Å². The van der Waals surface area contributed by atoms with Gasteiger partial charge in [-0.2, -0.15) is 5.10 Å². The van der Waals surface area contributed by atoms with E-state index in [0.29, 0.717) is 23.0 Å². The van der Waals surface area contributed by atoms with Gasteiger partial charge in [0.1, 0.15) is 17.6 Å². The third kappa shape index (κ3) is 4.45. The van der Waals surface area contributed by atoms with Crippen molar-refractivity contribution in [2.75, 3.05) is 7.05 Å². The molecule has 4 aromatic rings. The summed E-state index contributed by atoms with van der Waals surface area (Å²) in [7, 11) is 1.23. The van der Waals surface area contributed by atoms with E-state index in [4.69, 9.17) is 10.2 Å². The van der Waals surface area contributed by atoms with Gasteiger partial charge in [-0.15, -0.1) is 0 Å². The average molecular weight is 479 g/mol. The van der Waals surface area contributed by atoms with E-state index in [2.05, 4.69) is 20.4 Å². The van der Waals surface area contributed by atoms with Gasteiger partial charge in [-0.1, -0.05) is 6.92 Å². The topological polar surface area (TPSA) is 149 Å². The van der Waals surface area contributed by atoms with Crippen LogP contribution in [0.2, 0.25) is 0 Å². The minimum atomic E-state index is -0.930. The summed E-state index contributed by atoms with van der Waals surface area (Å²) in [6, 6.07) is 4.18. The molecule has 11 nitrogen and oxygen atoms in total. The Balaban J connectivity index is 1.61. The van der Waals surface area contributed by atoms with Gasteiger partial charge in [-0.05, 0) is 37.6 Å². The normalized spacial score (nSPS) is 11.9. The number of primary amides is 1. The SMILES string of the molecule is CCC(NC(=O)c1cncc2c1cnn2-c1ccc(F)cc1)c1nc(C(=O)N(C)C(N)=O)c(C)o1. The van der Waals surface area contributed by atoms with Crippen LogP contribution >= 0.6 is 0 Å². The van der Waals surface area contributed by atoms with Gasteiger partial charge in [0.2, 0.25) is 5.89 Å². The van der Waals surface area contributed by atoms with E-state index < -0.39 is 23.9 Å². The molecular formula is C23H22FN7O4. The molecule has 3 heterocycles. The fourth-order valence-corrected chi connectivity index (χ4v) is 3.51. The Morgan fingerprint density at radius 2 is 1.91 bits per heavy atom. The number of nitrogens with two attached hydrogens (primary N) is 1. The molecule has 0 spiro atoms. The first-order chi connectivity index (χ1) is 16.7. The van der Waals surface area contributed by atoms with Gasteiger partial charge in [0.05, 0.1) is 29.2 Å². The second-order valence-electron chi connectivity index (χ2n) is 7.75. The Hall–Kier alpha value is -4.61. The van der Waals surface area contributed by atoms with Gasteiger partial charge in [0, 0.05) is 18.6 Å². The predicted octanol–water partition coefficient (Wildman–Crippen LogP) is 2.89. The van der Waals surface area contributed by atoms with Crippen LogP contribution in [0.3, 0.4) is 0 Å². The Morgan fingerprint density at radius 3 is 2.57 bits per heavy atom. The Morgan fingerprint density at radius 1 is 1.20 bits per heavy atom. The molecule has 12 heteroatoms. The number of rotatable bonds is 6. The number of carbonyl (C=O) groups is 3. The number of hydrogen-bond acceptors (Lipinski definition) is 7. The number of halogens is 1. The van der Waals surface area contributed by atoms with E-state index >= 15 is 0 Å². The van der Waals surface area contributed by atoms with Crippen molar-refractivity contribution in [1.29, 1.82) is 0 Å². The van der Waals surface area contributed by atoms with Gasteiger partial charge in [-0.3, -0.25) is 19.5 Å². The van der Waals surface area contributed by atoms with Crippen molar-refractivity contribution < 1.29 is 23.2 Å². The van der Waals surface area contributed by atoms with Crippen LogP contribution in [-0.4, -0.2) is 49.5 Å². The molecule has 0 aliphatic carbocycles. The number of pyridine rings is 1. The van der Waals surface area contributed by atoms with Crippen LogP contribution in [-0.2, 0) is 0 Å². The van der Waals surface area contributed by atoms with Crippen LogP contribution in [0.5, 0.6) is 0 Å². The molecule has 4 amide bonds. The quantitative estimate of drug-likeness (QED) is 0.432. The number of carbonyl (C=O) groups excluding carboxylic acids is 3. The lowest BCUT2D eigenvalue weighted by Gasteiger charge is -2.14. The number of nitrogens with zero attached hydrogens (tertiary/aromatic N) is 5. The number of aryl methyl sites for hydroxylation is 1. The number of urea groups is 1. The van der Waals surface area contributed by atoms with Crippen molar-refractivity contribution in [3.05, 3.63) is 71.6 Å². The number of hydrogen-bond donors (Lipinski definition) is 2. The molecule has 1 atom stereocenters. The molecule has 0 saturated carbocycles. The highest BCUT2D eigenvalue weighted by atomic mass is 19.1. The van der Waals surface area contributed by atoms with Crippen LogP contribution in [0.25, 0.3) is 16.6 Å². The maximum absolute atomic E-state index is 13.3. The maximum Gasteiger partial charge on any atom is 0.321 e. The molecule has 3 N–H and O–H groups in total. The fourth-order valence-electron chi connectivity index (χ4n) is 3.51. The molecule has 0 aliphatic heterocycles. The van der Waals surface area contributed by atoms with Crippen LogP contribution < -0.4 is 11.1 Å². The second kappa shape index (κ2) is 9.33. The average Bonchev–Trinajstić information content (AvgIpc) is 3.45. The van der Waals surface area contributed by atoms with Gasteiger partial charge in [-0.25, -0.2) is 18.9 Å². The number of aromatic nitrogens is 4. The third-order valence-electron chi connectivity index (χ3n) is 5.48. The molecule has 1 unspecified atom stereocenters. The summed E-state index contributed by atoms with van der Waals surface area (Å²) in [4.78, 5) is 46.0. The number of fused-ring (bicyclic) bond motifs is 1. The Labute approximate surface area is 198 Å². The smallest absolute Gasteiger partial charge is 0.321 e. The minimum Gasteiger partial charge on any atom is -0.443 e. The van der Waals surface area contributed by atoms with Gasteiger partial charge in [0.15, 0.2) is 5.69 Å². The summed E-state index contributed by atoms with van der Waals surface area (Å²) >= 11 is 0. The maximum atomic E-state index is 13.3. The Bertz CT molecular complexity index is 1430. The zero-order valence-electron chi connectivity index (χ0n) is 19.2. The zero-order chi connectivity index (χ0) is 25.3. The van der Waals surface area contributed by atoms with E-state index in [1.807, 2.05) is 6.92 Å². The monoisotopic (exact) mass is 479 g/mol. The molecular weight excluding hydrogens is 457 g/mol. The lowest BCUT2D eigenvalue weighted by Crippen LogP contribution is -2.37. The summed E-state index contributed by atoms with van der Waals surface area (Å²) < 4.78 is 20.5. The highest BCUT2D eigenvalue weighted by molar-refractivity contribution is 6.06. The first-order valence-electron chi connectivity index (χ1n) is 10.6. The largest absolute Gasteiger partial charge is 0.443 e. The predicted molar refractivity (Wildman–Crippen MR) is 122 cm³/mol. The summed E-state index contributed by atoms with van der Waals surface area (Å²) in [5.74, 6) is -1.24. The number of imide groups is 1. The Kier molecular flexibility index (Phi) is 6.28. The molecule has 4 rings (SSSR count). The summed E-state index contributed by atoms with van der Waals surface area (Å²) in [6.07, 6.45) is 4.91. The second-order valence-corrected chi connectivity index (χ2v) is 7.75. The van der Waals surface area contributed by atoms with E-state index in [9.17, 15) is 18.8 Å². The summed E-state index contributed by atoms with van der Waals surface area (Å²) in [5.41, 5.74) is 6.53. The highest BCUT2D eigenvalue weighted by Crippen LogP contribution is 2.24. The molecule has 0 aliphatic rings. The van der Waals surface area contributed by atoms with Crippen molar-refractivity contribution in [1.82, 2.24) is 30.0 Å². The first-order valence-corrected chi connectivity index (χ1v) is 10.6. The molecule has 1 aromatic carbocycles. The van der Waals surface area contributed by atoms with Crippen molar-refractivity contribution in [3.8, 4) is 5.69 Å². The molecule has 35 heavy (non-hydrogen) atoms. The van der Waals surface area contributed by atoms with Gasteiger partial charge >= 0.3 is 6.03 Å². The van der Waals surface area contributed by atoms with E-state index in [0.717, 1.165) is 4.90 Å². The number of benzene rings is 1. The molecule has 180 valence electrons. The standard InChI is InChI=1S/C23H22FN7O4/c1-4-17(21-29-19(12(2)35-21)22(33)30(3)23(25)34)28-20(32)16-9-26-11-18-15(16)10-27-31(18)14-7-5-13(24)6-8-14/h5-11,17H,4H2,1-3H3,(H2,25,34)(H,28,32).